The van der Waals surface area contributed by atoms with Gasteiger partial charge in [0.25, 0.3) is 0 Å². The van der Waals surface area contributed by atoms with E-state index in [1.54, 1.807) is 11.0 Å². The van der Waals surface area contributed by atoms with Crippen molar-refractivity contribution in [3.05, 3.63) is 88.5 Å². The molecule has 1 N–H and O–H groups in total. The smallest absolute Gasteiger partial charge is 0.417 e. The lowest BCUT2D eigenvalue weighted by atomic mass is 9.95. The topological polar surface area (TPSA) is 49.8 Å². The molecule has 1 aliphatic heterocycles. The van der Waals surface area contributed by atoms with Gasteiger partial charge in [0.05, 0.1) is 18.8 Å². The molecular weight excluding hydrogens is 522 g/mol. The molecule has 1 heterocycles. The summed E-state index contributed by atoms with van der Waals surface area (Å²) in [6.45, 7) is 1.76. The molecule has 0 aromatic heterocycles. The van der Waals surface area contributed by atoms with E-state index in [1.807, 2.05) is 55.5 Å². The molecule has 1 atom stereocenters. The van der Waals surface area contributed by atoms with Gasteiger partial charge in [-0.05, 0) is 66.3 Å². The number of nitrogens with zero attached hydrogens (tertiary/aromatic N) is 1. The monoisotopic (exact) mass is 555 g/mol. The first-order valence-corrected chi connectivity index (χ1v) is 13.4. The lowest BCUT2D eigenvalue weighted by molar-refractivity contribution is -0.145. The number of rotatable bonds is 10. The summed E-state index contributed by atoms with van der Waals surface area (Å²) in [5.74, 6) is -0.797. The van der Waals surface area contributed by atoms with Crippen LogP contribution in [0.4, 0.5) is 17.6 Å². The maximum Gasteiger partial charge on any atom is 0.417 e. The van der Waals surface area contributed by atoms with Gasteiger partial charge in [0.2, 0.25) is 0 Å². The number of carboxylic acids is 1. The van der Waals surface area contributed by atoms with Gasteiger partial charge < -0.3 is 9.84 Å². The number of hydrogen-bond donors (Lipinski definition) is 1. The van der Waals surface area contributed by atoms with Gasteiger partial charge in [-0.3, -0.25) is 14.1 Å². The van der Waals surface area contributed by atoms with Crippen LogP contribution in [0.3, 0.4) is 0 Å². The third kappa shape index (κ3) is 7.10. The SMILES string of the molecule is Cc1c(C=Cc2cc(OCCCF)c(CN3CCCCC3C(=O)O)cc2C(F)(F)F)cccc1-c1ccccc1. The molecule has 1 unspecified atom stereocenters. The molecule has 0 spiro atoms. The zero-order valence-corrected chi connectivity index (χ0v) is 22.4. The van der Waals surface area contributed by atoms with E-state index in [9.17, 15) is 27.5 Å². The number of likely N-dealkylation sites (tertiary alicyclic amines) is 1. The molecule has 1 saturated heterocycles. The Hall–Kier alpha value is -3.65. The van der Waals surface area contributed by atoms with Crippen LogP contribution in [0, 0.1) is 6.92 Å². The number of benzene rings is 3. The number of carbonyl (C=O) groups is 1. The van der Waals surface area contributed by atoms with Crippen molar-refractivity contribution in [2.45, 2.75) is 51.4 Å². The van der Waals surface area contributed by atoms with E-state index in [0.29, 0.717) is 13.0 Å². The Morgan fingerprint density at radius 3 is 2.50 bits per heavy atom. The van der Waals surface area contributed by atoms with Crippen LogP contribution in [0.15, 0.2) is 60.7 Å². The van der Waals surface area contributed by atoms with Crippen molar-refractivity contribution in [2.24, 2.45) is 0 Å². The maximum atomic E-state index is 14.3. The molecular formula is C32H33F4NO3. The standard InChI is InChI=1S/C32H33F4NO3/c1-22-23(11-7-12-27(22)24-9-3-2-4-10-24)14-15-25-20-30(40-18-8-16-33)26(19-28(25)32(34,35)36)21-37-17-6-5-13-29(37)31(38)39/h2-4,7,9-12,14-15,19-20,29H,5-6,8,13,16-18,21H2,1H3,(H,38,39). The first-order chi connectivity index (χ1) is 19.2. The van der Waals surface area contributed by atoms with Gasteiger partial charge in [-0.1, -0.05) is 67.1 Å². The number of ether oxygens (including phenoxy) is 1. The molecule has 0 saturated carbocycles. The average molecular weight is 556 g/mol. The molecule has 8 heteroatoms. The van der Waals surface area contributed by atoms with Gasteiger partial charge in [-0.2, -0.15) is 13.2 Å². The lowest BCUT2D eigenvalue weighted by Crippen LogP contribution is -2.44. The quantitative estimate of drug-likeness (QED) is 0.156. The van der Waals surface area contributed by atoms with Crippen molar-refractivity contribution in [3.8, 4) is 16.9 Å². The van der Waals surface area contributed by atoms with E-state index in [-0.39, 0.29) is 36.4 Å². The normalized spacial score (nSPS) is 16.4. The number of hydrogen-bond acceptors (Lipinski definition) is 3. The molecule has 0 amide bonds. The third-order valence-corrected chi connectivity index (χ3v) is 7.25. The Morgan fingerprint density at radius 2 is 1.80 bits per heavy atom. The fraction of sp³-hybridized carbons (Fsp3) is 0.344. The first kappa shape index (κ1) is 29.3. The van der Waals surface area contributed by atoms with Crippen molar-refractivity contribution >= 4 is 18.1 Å². The predicted octanol–water partition coefficient (Wildman–Crippen LogP) is 8.03. The van der Waals surface area contributed by atoms with Gasteiger partial charge in [-0.15, -0.1) is 0 Å². The highest BCUT2D eigenvalue weighted by molar-refractivity contribution is 5.78. The predicted molar refractivity (Wildman–Crippen MR) is 149 cm³/mol. The second-order valence-electron chi connectivity index (χ2n) is 9.98. The summed E-state index contributed by atoms with van der Waals surface area (Å²) in [6, 6.07) is 17.0. The summed E-state index contributed by atoms with van der Waals surface area (Å²) in [4.78, 5) is 13.5. The van der Waals surface area contributed by atoms with Crippen molar-refractivity contribution < 1.29 is 32.2 Å². The highest BCUT2D eigenvalue weighted by Crippen LogP contribution is 2.38. The molecule has 1 aliphatic rings. The summed E-state index contributed by atoms with van der Waals surface area (Å²) in [7, 11) is 0. The summed E-state index contributed by atoms with van der Waals surface area (Å²) in [5, 5.41) is 9.65. The zero-order valence-electron chi connectivity index (χ0n) is 22.4. The van der Waals surface area contributed by atoms with Gasteiger partial charge in [0.1, 0.15) is 11.8 Å². The summed E-state index contributed by atoms with van der Waals surface area (Å²) >= 11 is 0. The molecule has 4 nitrogen and oxygen atoms in total. The number of halogens is 4. The molecule has 4 rings (SSSR count). The molecule has 3 aromatic rings. The third-order valence-electron chi connectivity index (χ3n) is 7.25. The minimum atomic E-state index is -4.65. The minimum absolute atomic E-state index is 0.00138. The van der Waals surface area contributed by atoms with Crippen LogP contribution in [0.25, 0.3) is 23.3 Å². The Balaban J connectivity index is 1.74. The van der Waals surface area contributed by atoms with Crippen LogP contribution in [0.5, 0.6) is 5.75 Å². The van der Waals surface area contributed by atoms with Crippen LogP contribution in [0.1, 0.15) is 53.5 Å². The molecule has 3 aromatic carbocycles. The number of aliphatic carboxylic acids is 1. The van der Waals surface area contributed by atoms with Gasteiger partial charge in [0.15, 0.2) is 0 Å². The lowest BCUT2D eigenvalue weighted by Gasteiger charge is -2.33. The average Bonchev–Trinajstić information content (AvgIpc) is 2.93. The number of piperidine rings is 1. The van der Waals surface area contributed by atoms with Crippen LogP contribution in [-0.2, 0) is 17.5 Å². The Kier molecular flexibility index (Phi) is 9.63. The highest BCUT2D eigenvalue weighted by Gasteiger charge is 2.35. The summed E-state index contributed by atoms with van der Waals surface area (Å²) < 4.78 is 61.5. The van der Waals surface area contributed by atoms with E-state index in [1.165, 1.54) is 12.1 Å². The zero-order chi connectivity index (χ0) is 28.7. The highest BCUT2D eigenvalue weighted by atomic mass is 19.4. The molecule has 212 valence electrons. The largest absolute Gasteiger partial charge is 0.493 e. The van der Waals surface area contributed by atoms with Gasteiger partial charge in [0, 0.05) is 18.5 Å². The Labute approximate surface area is 231 Å². The molecule has 0 radical (unpaired) electrons. The number of carboxylic acid groups (broad SMARTS) is 1. The fourth-order valence-electron chi connectivity index (χ4n) is 5.14. The van der Waals surface area contributed by atoms with Crippen LogP contribution in [0.2, 0.25) is 0 Å². The Morgan fingerprint density at radius 1 is 1.05 bits per heavy atom. The van der Waals surface area contributed by atoms with Crippen molar-refractivity contribution in [2.75, 3.05) is 19.8 Å². The van der Waals surface area contributed by atoms with Crippen LogP contribution >= 0.6 is 0 Å². The second kappa shape index (κ2) is 13.1. The Bertz CT molecular complexity index is 1340. The van der Waals surface area contributed by atoms with E-state index >= 15 is 0 Å². The molecule has 40 heavy (non-hydrogen) atoms. The van der Waals surface area contributed by atoms with Crippen LogP contribution in [-0.4, -0.2) is 41.8 Å². The summed E-state index contributed by atoms with van der Waals surface area (Å²) in [6.07, 6.45) is 0.461. The van der Waals surface area contributed by atoms with E-state index < -0.39 is 30.4 Å². The van der Waals surface area contributed by atoms with Crippen molar-refractivity contribution in [3.63, 3.8) is 0 Å². The summed E-state index contributed by atoms with van der Waals surface area (Å²) in [5.41, 5.74) is 3.02. The molecule has 1 fully saturated rings. The van der Waals surface area contributed by atoms with Crippen molar-refractivity contribution in [1.29, 1.82) is 0 Å². The van der Waals surface area contributed by atoms with Crippen molar-refractivity contribution in [1.82, 2.24) is 4.90 Å². The van der Waals surface area contributed by atoms with E-state index in [2.05, 4.69) is 0 Å². The number of alkyl halides is 4. The molecule has 0 aliphatic carbocycles. The maximum absolute atomic E-state index is 14.3. The van der Waals surface area contributed by atoms with Gasteiger partial charge >= 0.3 is 12.1 Å². The first-order valence-electron chi connectivity index (χ1n) is 13.4. The van der Waals surface area contributed by atoms with E-state index in [0.717, 1.165) is 41.2 Å². The van der Waals surface area contributed by atoms with Crippen LogP contribution < -0.4 is 4.74 Å². The fourth-order valence-corrected chi connectivity index (χ4v) is 5.14. The van der Waals surface area contributed by atoms with E-state index in [4.69, 9.17) is 4.74 Å². The minimum Gasteiger partial charge on any atom is -0.493 e. The molecule has 0 bridgehead atoms. The van der Waals surface area contributed by atoms with Gasteiger partial charge in [-0.25, -0.2) is 0 Å². The second-order valence-corrected chi connectivity index (χ2v) is 9.98.